The van der Waals surface area contributed by atoms with E-state index in [1.54, 1.807) is 6.34 Å². The van der Waals surface area contributed by atoms with Crippen molar-refractivity contribution in [2.24, 2.45) is 9.98 Å². The van der Waals surface area contributed by atoms with Crippen LogP contribution in [0.15, 0.2) is 9.98 Å². The van der Waals surface area contributed by atoms with Gasteiger partial charge in [0, 0.05) is 12.3 Å². The molecule has 0 amide bonds. The maximum atomic E-state index is 4.02. The summed E-state index contributed by atoms with van der Waals surface area (Å²) in [5, 5.41) is 0. The zero-order valence-corrected chi connectivity index (χ0v) is 6.39. The fourth-order valence-electron chi connectivity index (χ4n) is 0.343. The number of aliphatic imine (C=N–C) groups is 2. The third-order valence-corrected chi connectivity index (χ3v) is 0.750. The maximum absolute atomic E-state index is 4.02. The van der Waals surface area contributed by atoms with Gasteiger partial charge in [0.25, 0.3) is 0 Å². The molecule has 0 aromatic carbocycles. The molecule has 0 rings (SSSR count). The Balaban J connectivity index is 3.35. The molecule has 52 valence electrons. The number of rotatable bonds is 3. The van der Waals surface area contributed by atoms with Crippen molar-refractivity contribution in [2.45, 2.75) is 27.2 Å². The van der Waals surface area contributed by atoms with Crippen molar-refractivity contribution in [3.8, 4) is 0 Å². The van der Waals surface area contributed by atoms with Gasteiger partial charge in [0.1, 0.15) is 6.34 Å². The van der Waals surface area contributed by atoms with Gasteiger partial charge < -0.3 is 0 Å². The van der Waals surface area contributed by atoms with Crippen LogP contribution in [-0.2, 0) is 0 Å². The molecule has 0 aliphatic rings. The fraction of sp³-hybridized carbons (Fsp3) is 0.714. The van der Waals surface area contributed by atoms with Crippen LogP contribution in [0.25, 0.3) is 0 Å². The summed E-state index contributed by atoms with van der Waals surface area (Å²) < 4.78 is 0. The quantitative estimate of drug-likeness (QED) is 0.407. The lowest BCUT2D eigenvalue weighted by atomic mass is 10.5. The smallest absolute Gasteiger partial charge is 0.109 e. The van der Waals surface area contributed by atoms with Gasteiger partial charge in [-0.2, -0.15) is 0 Å². The van der Waals surface area contributed by atoms with Gasteiger partial charge in [-0.15, -0.1) is 0 Å². The SMILES string of the molecule is CCCN=CN=C(C)C. The monoisotopic (exact) mass is 126 g/mol. The largest absolute Gasteiger partial charge is 0.274 e. The minimum atomic E-state index is 0.886. The van der Waals surface area contributed by atoms with Crippen LogP contribution < -0.4 is 0 Å². The van der Waals surface area contributed by atoms with Crippen LogP contribution in [0.4, 0.5) is 0 Å². The molecule has 0 radical (unpaired) electrons. The van der Waals surface area contributed by atoms with E-state index < -0.39 is 0 Å². The average Bonchev–Trinajstić information content (AvgIpc) is 1.80. The second-order valence-corrected chi connectivity index (χ2v) is 2.10. The molecule has 0 N–H and O–H groups in total. The number of hydrogen-bond acceptors (Lipinski definition) is 1. The van der Waals surface area contributed by atoms with Crippen LogP contribution in [0.3, 0.4) is 0 Å². The highest BCUT2D eigenvalue weighted by Gasteiger charge is 1.72. The predicted octanol–water partition coefficient (Wildman–Crippen LogP) is 1.91. The van der Waals surface area contributed by atoms with Crippen molar-refractivity contribution in [3.63, 3.8) is 0 Å². The van der Waals surface area contributed by atoms with Gasteiger partial charge >= 0.3 is 0 Å². The topological polar surface area (TPSA) is 24.7 Å². The fourth-order valence-corrected chi connectivity index (χ4v) is 0.343. The molecule has 0 spiro atoms. The van der Waals surface area contributed by atoms with Crippen molar-refractivity contribution in [3.05, 3.63) is 0 Å². The Morgan fingerprint density at radius 1 is 1.44 bits per heavy atom. The van der Waals surface area contributed by atoms with Crippen LogP contribution in [-0.4, -0.2) is 18.6 Å². The van der Waals surface area contributed by atoms with Gasteiger partial charge in [-0.25, -0.2) is 4.99 Å². The highest BCUT2D eigenvalue weighted by Crippen LogP contribution is 1.76. The Bertz CT molecular complexity index is 110. The molecule has 0 aromatic rings. The van der Waals surface area contributed by atoms with Crippen LogP contribution in [0.5, 0.6) is 0 Å². The third kappa shape index (κ3) is 7.34. The van der Waals surface area contributed by atoms with Crippen molar-refractivity contribution in [1.29, 1.82) is 0 Å². The third-order valence-electron chi connectivity index (χ3n) is 0.750. The second kappa shape index (κ2) is 5.48. The van der Waals surface area contributed by atoms with E-state index in [0.717, 1.165) is 18.7 Å². The molecule has 0 aromatic heterocycles. The van der Waals surface area contributed by atoms with E-state index in [1.807, 2.05) is 13.8 Å². The Morgan fingerprint density at radius 3 is 2.56 bits per heavy atom. The first kappa shape index (κ1) is 8.34. The summed E-state index contributed by atoms with van der Waals surface area (Å²) in [5.74, 6) is 0. The van der Waals surface area contributed by atoms with E-state index in [0.29, 0.717) is 0 Å². The van der Waals surface area contributed by atoms with Gasteiger partial charge in [0.2, 0.25) is 0 Å². The van der Waals surface area contributed by atoms with Gasteiger partial charge in [0.05, 0.1) is 0 Å². The lowest BCUT2D eigenvalue weighted by molar-refractivity contribution is 0.935. The molecule has 0 saturated heterocycles. The average molecular weight is 126 g/mol. The molecule has 0 saturated carbocycles. The van der Waals surface area contributed by atoms with Crippen molar-refractivity contribution >= 4 is 12.1 Å². The van der Waals surface area contributed by atoms with E-state index in [2.05, 4.69) is 16.9 Å². The van der Waals surface area contributed by atoms with E-state index >= 15 is 0 Å². The van der Waals surface area contributed by atoms with Crippen molar-refractivity contribution in [1.82, 2.24) is 0 Å². The van der Waals surface area contributed by atoms with E-state index in [9.17, 15) is 0 Å². The summed E-state index contributed by atoms with van der Waals surface area (Å²) in [6.07, 6.45) is 2.72. The Labute approximate surface area is 56.7 Å². The zero-order chi connectivity index (χ0) is 7.11. The van der Waals surface area contributed by atoms with Crippen LogP contribution in [0.2, 0.25) is 0 Å². The van der Waals surface area contributed by atoms with Crippen molar-refractivity contribution in [2.75, 3.05) is 6.54 Å². The normalized spacial score (nSPS) is 10.1. The molecule has 0 fully saturated rings. The molecule has 0 heterocycles. The Hall–Kier alpha value is -0.660. The maximum Gasteiger partial charge on any atom is 0.109 e. The molecule has 2 nitrogen and oxygen atoms in total. The van der Waals surface area contributed by atoms with E-state index in [4.69, 9.17) is 0 Å². The molecule has 0 atom stereocenters. The number of hydrogen-bond donors (Lipinski definition) is 0. The Morgan fingerprint density at radius 2 is 2.11 bits per heavy atom. The first-order valence-corrected chi connectivity index (χ1v) is 3.26. The first-order valence-electron chi connectivity index (χ1n) is 3.26. The predicted molar refractivity (Wildman–Crippen MR) is 42.4 cm³/mol. The van der Waals surface area contributed by atoms with Gasteiger partial charge in [0.15, 0.2) is 0 Å². The molecule has 0 bridgehead atoms. The molecule has 0 unspecified atom stereocenters. The minimum Gasteiger partial charge on any atom is -0.274 e. The summed E-state index contributed by atoms with van der Waals surface area (Å²) in [4.78, 5) is 8.00. The van der Waals surface area contributed by atoms with Crippen LogP contribution in [0, 0.1) is 0 Å². The summed E-state index contributed by atoms with van der Waals surface area (Å²) in [7, 11) is 0. The lowest BCUT2D eigenvalue weighted by Crippen LogP contribution is -1.81. The summed E-state index contributed by atoms with van der Waals surface area (Å²) in [6, 6.07) is 0. The zero-order valence-electron chi connectivity index (χ0n) is 6.39. The molecule has 0 aliphatic heterocycles. The molecular formula is C7H14N2. The molecule has 0 aliphatic carbocycles. The van der Waals surface area contributed by atoms with Crippen LogP contribution >= 0.6 is 0 Å². The van der Waals surface area contributed by atoms with E-state index in [1.165, 1.54) is 0 Å². The molecule has 2 heteroatoms. The summed E-state index contributed by atoms with van der Waals surface area (Å²) in [6.45, 7) is 6.90. The van der Waals surface area contributed by atoms with Gasteiger partial charge in [-0.1, -0.05) is 6.92 Å². The Kier molecular flexibility index (Phi) is 5.07. The summed E-state index contributed by atoms with van der Waals surface area (Å²) in [5.41, 5.74) is 1.05. The molecule has 9 heavy (non-hydrogen) atoms. The highest BCUT2D eigenvalue weighted by molar-refractivity contribution is 5.86. The summed E-state index contributed by atoms with van der Waals surface area (Å²) >= 11 is 0. The van der Waals surface area contributed by atoms with Crippen molar-refractivity contribution < 1.29 is 0 Å². The van der Waals surface area contributed by atoms with Crippen LogP contribution in [0.1, 0.15) is 27.2 Å². The highest BCUT2D eigenvalue weighted by atomic mass is 14.8. The van der Waals surface area contributed by atoms with Gasteiger partial charge in [-0.05, 0) is 20.3 Å². The van der Waals surface area contributed by atoms with Gasteiger partial charge in [-0.3, -0.25) is 4.99 Å². The number of nitrogens with zero attached hydrogens (tertiary/aromatic N) is 2. The first-order chi connectivity index (χ1) is 4.27. The molecular weight excluding hydrogens is 112 g/mol. The minimum absolute atomic E-state index is 0.886. The lowest BCUT2D eigenvalue weighted by Gasteiger charge is -1.83. The second-order valence-electron chi connectivity index (χ2n) is 2.10. The van der Waals surface area contributed by atoms with E-state index in [-0.39, 0.29) is 0 Å². The standard InChI is InChI=1S/C7H14N2/c1-4-5-8-6-9-7(2)3/h6H,4-5H2,1-3H3.